The summed E-state index contributed by atoms with van der Waals surface area (Å²) in [5, 5.41) is 5.94. The molecule has 110 valence electrons. The van der Waals surface area contributed by atoms with Crippen molar-refractivity contribution in [3.05, 3.63) is 18.1 Å². The summed E-state index contributed by atoms with van der Waals surface area (Å²) in [5.74, 6) is 2.84. The van der Waals surface area contributed by atoms with E-state index in [0.29, 0.717) is 18.1 Å². The molecule has 0 bridgehead atoms. The van der Waals surface area contributed by atoms with Crippen LogP contribution in [0.2, 0.25) is 0 Å². The predicted octanol–water partition coefficient (Wildman–Crippen LogP) is 0.687. The molecule has 1 aliphatic rings. The van der Waals surface area contributed by atoms with Gasteiger partial charge in [-0.3, -0.25) is 14.7 Å². The number of thioether (sulfide) groups is 1. The van der Waals surface area contributed by atoms with Gasteiger partial charge in [-0.05, 0) is 6.92 Å². The van der Waals surface area contributed by atoms with Crippen LogP contribution in [-0.2, 0) is 0 Å². The minimum atomic E-state index is -0.163. The van der Waals surface area contributed by atoms with E-state index in [4.69, 9.17) is 0 Å². The fraction of sp³-hybridized carbons (Fsp3) is 0.615. The maximum absolute atomic E-state index is 12.0. The SMILES string of the molecule is CCNc1cncc(C(=O)NCCN2CCSCC2)n1. The van der Waals surface area contributed by atoms with Crippen LogP contribution >= 0.6 is 11.8 Å². The first kappa shape index (κ1) is 15.1. The number of nitrogens with zero attached hydrogens (tertiary/aromatic N) is 3. The molecule has 0 spiro atoms. The minimum Gasteiger partial charge on any atom is -0.369 e. The van der Waals surface area contributed by atoms with Crippen LogP contribution in [0.1, 0.15) is 17.4 Å². The molecule has 20 heavy (non-hydrogen) atoms. The van der Waals surface area contributed by atoms with Crippen LogP contribution in [-0.4, -0.2) is 65.0 Å². The average Bonchev–Trinajstić information content (AvgIpc) is 2.49. The number of carbonyl (C=O) groups excluding carboxylic acids is 1. The lowest BCUT2D eigenvalue weighted by Crippen LogP contribution is -2.39. The van der Waals surface area contributed by atoms with Gasteiger partial charge in [0, 0.05) is 44.2 Å². The monoisotopic (exact) mass is 295 g/mol. The van der Waals surface area contributed by atoms with Gasteiger partial charge < -0.3 is 10.6 Å². The summed E-state index contributed by atoms with van der Waals surface area (Å²) in [6, 6.07) is 0. The van der Waals surface area contributed by atoms with Gasteiger partial charge in [-0.1, -0.05) is 0 Å². The molecule has 1 aromatic heterocycles. The third kappa shape index (κ3) is 4.64. The van der Waals surface area contributed by atoms with Crippen LogP contribution in [0.5, 0.6) is 0 Å². The van der Waals surface area contributed by atoms with Crippen molar-refractivity contribution >= 4 is 23.5 Å². The Hall–Kier alpha value is -1.34. The Kier molecular flexibility index (Phi) is 6.07. The van der Waals surface area contributed by atoms with Crippen molar-refractivity contribution in [3.8, 4) is 0 Å². The van der Waals surface area contributed by atoms with Crippen molar-refractivity contribution in [3.63, 3.8) is 0 Å². The Bertz CT molecular complexity index is 437. The zero-order valence-corrected chi connectivity index (χ0v) is 12.6. The average molecular weight is 295 g/mol. The summed E-state index contributed by atoms with van der Waals surface area (Å²) in [6.07, 6.45) is 3.11. The highest BCUT2D eigenvalue weighted by Crippen LogP contribution is 2.08. The molecule has 1 aliphatic heterocycles. The van der Waals surface area contributed by atoms with Crippen LogP contribution < -0.4 is 10.6 Å². The predicted molar refractivity (Wildman–Crippen MR) is 82.3 cm³/mol. The highest BCUT2D eigenvalue weighted by Gasteiger charge is 2.12. The number of amides is 1. The van der Waals surface area contributed by atoms with Crippen LogP contribution in [0.15, 0.2) is 12.4 Å². The van der Waals surface area contributed by atoms with Gasteiger partial charge in [-0.15, -0.1) is 0 Å². The molecule has 2 rings (SSSR count). The van der Waals surface area contributed by atoms with E-state index in [1.807, 2.05) is 18.7 Å². The van der Waals surface area contributed by atoms with Crippen molar-refractivity contribution in [2.45, 2.75) is 6.92 Å². The topological polar surface area (TPSA) is 70.2 Å². The Morgan fingerprint density at radius 1 is 1.40 bits per heavy atom. The Balaban J connectivity index is 1.77. The van der Waals surface area contributed by atoms with E-state index in [-0.39, 0.29) is 5.91 Å². The number of rotatable bonds is 6. The number of carbonyl (C=O) groups is 1. The number of nitrogens with one attached hydrogen (secondary N) is 2. The molecule has 6 nitrogen and oxygen atoms in total. The van der Waals surface area contributed by atoms with Gasteiger partial charge in [-0.2, -0.15) is 11.8 Å². The molecule has 0 saturated carbocycles. The van der Waals surface area contributed by atoms with Crippen molar-refractivity contribution in [2.75, 3.05) is 49.5 Å². The Labute approximate surface area is 123 Å². The lowest BCUT2D eigenvalue weighted by atomic mass is 10.4. The standard InChI is InChI=1S/C13H21N5OS/c1-2-15-12-10-14-9-11(17-12)13(19)16-3-4-18-5-7-20-8-6-18/h9-10H,2-8H2,1H3,(H,15,17)(H,16,19). The molecule has 7 heteroatoms. The maximum atomic E-state index is 12.0. The summed E-state index contributed by atoms with van der Waals surface area (Å²) in [4.78, 5) is 22.6. The van der Waals surface area contributed by atoms with E-state index < -0.39 is 0 Å². The lowest BCUT2D eigenvalue weighted by Gasteiger charge is -2.25. The van der Waals surface area contributed by atoms with Crippen LogP contribution in [0, 0.1) is 0 Å². The zero-order valence-electron chi connectivity index (χ0n) is 11.8. The minimum absolute atomic E-state index is 0.163. The highest BCUT2D eigenvalue weighted by atomic mass is 32.2. The third-order valence-electron chi connectivity index (χ3n) is 3.04. The number of hydrogen-bond acceptors (Lipinski definition) is 6. The van der Waals surface area contributed by atoms with Gasteiger partial charge >= 0.3 is 0 Å². The first-order valence-electron chi connectivity index (χ1n) is 6.94. The molecule has 0 unspecified atom stereocenters. The normalized spacial score (nSPS) is 15.8. The van der Waals surface area contributed by atoms with Crippen LogP contribution in [0.3, 0.4) is 0 Å². The fourth-order valence-electron chi connectivity index (χ4n) is 1.98. The van der Waals surface area contributed by atoms with E-state index >= 15 is 0 Å². The van der Waals surface area contributed by atoms with Gasteiger partial charge in [0.05, 0.1) is 12.4 Å². The maximum Gasteiger partial charge on any atom is 0.271 e. The second kappa shape index (κ2) is 8.06. The van der Waals surface area contributed by atoms with Gasteiger partial charge in [0.1, 0.15) is 11.5 Å². The van der Waals surface area contributed by atoms with E-state index in [1.165, 1.54) is 17.7 Å². The summed E-state index contributed by atoms with van der Waals surface area (Å²) < 4.78 is 0. The molecule has 1 fully saturated rings. The van der Waals surface area contributed by atoms with Crippen LogP contribution in [0.25, 0.3) is 0 Å². The van der Waals surface area contributed by atoms with Crippen molar-refractivity contribution < 1.29 is 4.79 Å². The third-order valence-corrected chi connectivity index (χ3v) is 3.98. The number of hydrogen-bond donors (Lipinski definition) is 2. The molecular weight excluding hydrogens is 274 g/mol. The second-order valence-corrected chi connectivity index (χ2v) is 5.75. The van der Waals surface area contributed by atoms with Crippen molar-refractivity contribution in [1.29, 1.82) is 0 Å². The summed E-state index contributed by atoms with van der Waals surface area (Å²) in [6.45, 7) is 6.49. The smallest absolute Gasteiger partial charge is 0.271 e. The molecule has 0 aromatic carbocycles. The lowest BCUT2D eigenvalue weighted by molar-refractivity contribution is 0.0943. The first-order chi connectivity index (χ1) is 9.79. The zero-order chi connectivity index (χ0) is 14.2. The van der Waals surface area contributed by atoms with E-state index in [0.717, 1.165) is 26.2 Å². The van der Waals surface area contributed by atoms with Gasteiger partial charge in [0.25, 0.3) is 5.91 Å². The fourth-order valence-corrected chi connectivity index (χ4v) is 2.96. The quantitative estimate of drug-likeness (QED) is 0.804. The van der Waals surface area contributed by atoms with E-state index in [9.17, 15) is 4.79 Å². The van der Waals surface area contributed by atoms with E-state index in [2.05, 4.69) is 25.5 Å². The Morgan fingerprint density at radius 3 is 2.95 bits per heavy atom. The van der Waals surface area contributed by atoms with Crippen LogP contribution in [0.4, 0.5) is 5.82 Å². The molecule has 0 aliphatic carbocycles. The number of anilines is 1. The number of aromatic nitrogens is 2. The first-order valence-corrected chi connectivity index (χ1v) is 8.09. The molecule has 2 heterocycles. The highest BCUT2D eigenvalue weighted by molar-refractivity contribution is 7.99. The van der Waals surface area contributed by atoms with Crippen molar-refractivity contribution in [1.82, 2.24) is 20.2 Å². The molecule has 0 radical (unpaired) electrons. The summed E-state index contributed by atoms with van der Waals surface area (Å²) >= 11 is 1.99. The molecule has 1 aromatic rings. The molecule has 1 saturated heterocycles. The van der Waals surface area contributed by atoms with Crippen molar-refractivity contribution in [2.24, 2.45) is 0 Å². The molecule has 2 N–H and O–H groups in total. The Morgan fingerprint density at radius 2 is 2.20 bits per heavy atom. The summed E-state index contributed by atoms with van der Waals surface area (Å²) in [5.41, 5.74) is 0.359. The molecular formula is C13H21N5OS. The largest absolute Gasteiger partial charge is 0.369 e. The molecule has 1 amide bonds. The van der Waals surface area contributed by atoms with Gasteiger partial charge in [-0.25, -0.2) is 4.98 Å². The van der Waals surface area contributed by atoms with Gasteiger partial charge in [0.15, 0.2) is 0 Å². The summed E-state index contributed by atoms with van der Waals surface area (Å²) in [7, 11) is 0. The van der Waals surface area contributed by atoms with Gasteiger partial charge in [0.2, 0.25) is 0 Å². The van der Waals surface area contributed by atoms with E-state index in [1.54, 1.807) is 6.20 Å². The molecule has 0 atom stereocenters. The second-order valence-electron chi connectivity index (χ2n) is 4.53.